The van der Waals surface area contributed by atoms with E-state index >= 15 is 0 Å². The van der Waals surface area contributed by atoms with E-state index in [1.165, 1.54) is 16.1 Å². The SMILES string of the molecule is Cc1cn2c(CNC(C)c3ccccc3)c(C)nc2s1. The predicted molar refractivity (Wildman–Crippen MR) is 84.2 cm³/mol. The van der Waals surface area contributed by atoms with Crippen molar-refractivity contribution in [1.29, 1.82) is 0 Å². The number of aromatic nitrogens is 2. The Bertz CT molecular complexity index is 712. The molecule has 0 saturated carbocycles. The van der Waals surface area contributed by atoms with Crippen molar-refractivity contribution in [3.63, 3.8) is 0 Å². The third kappa shape index (κ3) is 2.49. The molecule has 104 valence electrons. The van der Waals surface area contributed by atoms with E-state index in [2.05, 4.69) is 72.0 Å². The quantitative estimate of drug-likeness (QED) is 0.788. The summed E-state index contributed by atoms with van der Waals surface area (Å²) in [6, 6.07) is 10.9. The Kier molecular flexibility index (Phi) is 3.59. The summed E-state index contributed by atoms with van der Waals surface area (Å²) in [5.41, 5.74) is 3.68. The number of nitrogens with one attached hydrogen (secondary N) is 1. The Morgan fingerprint density at radius 2 is 2.00 bits per heavy atom. The van der Waals surface area contributed by atoms with Crippen molar-refractivity contribution in [2.24, 2.45) is 0 Å². The molecule has 4 heteroatoms. The minimum Gasteiger partial charge on any atom is -0.305 e. The molecule has 3 nitrogen and oxygen atoms in total. The summed E-state index contributed by atoms with van der Waals surface area (Å²) in [7, 11) is 0. The number of benzene rings is 1. The van der Waals surface area contributed by atoms with Crippen molar-refractivity contribution in [2.45, 2.75) is 33.4 Å². The van der Waals surface area contributed by atoms with Crippen molar-refractivity contribution in [1.82, 2.24) is 14.7 Å². The molecule has 0 spiro atoms. The lowest BCUT2D eigenvalue weighted by molar-refractivity contribution is 0.564. The fourth-order valence-corrected chi connectivity index (χ4v) is 3.32. The van der Waals surface area contributed by atoms with Gasteiger partial charge in [0.1, 0.15) is 0 Å². The summed E-state index contributed by atoms with van der Waals surface area (Å²) >= 11 is 1.74. The first-order valence-corrected chi connectivity index (χ1v) is 7.69. The molecular formula is C16H19N3S. The number of hydrogen-bond donors (Lipinski definition) is 1. The Balaban J connectivity index is 1.78. The van der Waals surface area contributed by atoms with Crippen LogP contribution in [0.15, 0.2) is 36.5 Å². The maximum absolute atomic E-state index is 4.63. The van der Waals surface area contributed by atoms with Crippen LogP contribution in [0.2, 0.25) is 0 Å². The first kappa shape index (κ1) is 13.3. The highest BCUT2D eigenvalue weighted by atomic mass is 32.1. The summed E-state index contributed by atoms with van der Waals surface area (Å²) in [4.78, 5) is 7.01. The van der Waals surface area contributed by atoms with Gasteiger partial charge >= 0.3 is 0 Å². The molecule has 0 aliphatic rings. The smallest absolute Gasteiger partial charge is 0.194 e. The van der Waals surface area contributed by atoms with Crippen molar-refractivity contribution in [3.05, 3.63) is 58.4 Å². The van der Waals surface area contributed by atoms with Crippen molar-refractivity contribution in [3.8, 4) is 0 Å². The molecule has 0 aliphatic carbocycles. The van der Waals surface area contributed by atoms with Gasteiger partial charge in [-0.2, -0.15) is 0 Å². The lowest BCUT2D eigenvalue weighted by atomic mass is 10.1. The summed E-state index contributed by atoms with van der Waals surface area (Å²) in [5.74, 6) is 0. The molecule has 0 radical (unpaired) electrons. The van der Waals surface area contributed by atoms with Crippen LogP contribution in [0.5, 0.6) is 0 Å². The number of imidazole rings is 1. The highest BCUT2D eigenvalue weighted by molar-refractivity contribution is 7.17. The molecule has 1 atom stereocenters. The van der Waals surface area contributed by atoms with Crippen molar-refractivity contribution in [2.75, 3.05) is 0 Å². The minimum atomic E-state index is 0.334. The largest absolute Gasteiger partial charge is 0.305 e. The van der Waals surface area contributed by atoms with Gasteiger partial charge in [0.2, 0.25) is 0 Å². The number of aryl methyl sites for hydroxylation is 2. The molecule has 0 bridgehead atoms. The molecule has 0 amide bonds. The second-order valence-electron chi connectivity index (χ2n) is 5.15. The maximum Gasteiger partial charge on any atom is 0.194 e. The van der Waals surface area contributed by atoms with Crippen LogP contribution in [0.3, 0.4) is 0 Å². The van der Waals surface area contributed by atoms with E-state index in [1.54, 1.807) is 11.3 Å². The van der Waals surface area contributed by atoms with E-state index in [0.717, 1.165) is 17.2 Å². The lowest BCUT2D eigenvalue weighted by Gasteiger charge is -2.14. The summed E-state index contributed by atoms with van der Waals surface area (Å²) in [6.45, 7) is 7.23. The molecule has 0 fully saturated rings. The van der Waals surface area contributed by atoms with E-state index in [0.29, 0.717) is 6.04 Å². The number of nitrogens with zero attached hydrogens (tertiary/aromatic N) is 2. The van der Waals surface area contributed by atoms with Gasteiger partial charge in [0.25, 0.3) is 0 Å². The first-order chi connectivity index (χ1) is 9.65. The van der Waals surface area contributed by atoms with Crippen LogP contribution in [0, 0.1) is 13.8 Å². The van der Waals surface area contributed by atoms with Crippen molar-refractivity contribution >= 4 is 16.3 Å². The van der Waals surface area contributed by atoms with Gasteiger partial charge in [-0.05, 0) is 26.3 Å². The molecule has 0 aliphatic heterocycles. The average molecular weight is 285 g/mol. The summed E-state index contributed by atoms with van der Waals surface area (Å²) < 4.78 is 2.21. The topological polar surface area (TPSA) is 29.3 Å². The number of fused-ring (bicyclic) bond motifs is 1. The molecule has 3 rings (SSSR count). The van der Waals surface area contributed by atoms with E-state index in [9.17, 15) is 0 Å². The molecule has 20 heavy (non-hydrogen) atoms. The van der Waals surface area contributed by atoms with Crippen LogP contribution in [0.1, 0.15) is 34.8 Å². The van der Waals surface area contributed by atoms with Crippen LogP contribution in [-0.2, 0) is 6.54 Å². The molecule has 0 saturated heterocycles. The molecule has 3 aromatic rings. The number of rotatable bonds is 4. The van der Waals surface area contributed by atoms with Crippen LogP contribution in [0.25, 0.3) is 4.96 Å². The normalized spacial score (nSPS) is 12.9. The molecule has 2 heterocycles. The van der Waals surface area contributed by atoms with E-state index in [4.69, 9.17) is 0 Å². The van der Waals surface area contributed by atoms with Crippen LogP contribution in [0.4, 0.5) is 0 Å². The molecule has 1 aromatic carbocycles. The van der Waals surface area contributed by atoms with Gasteiger partial charge in [0.05, 0.1) is 11.4 Å². The van der Waals surface area contributed by atoms with Gasteiger partial charge in [0, 0.05) is 23.7 Å². The van der Waals surface area contributed by atoms with Crippen LogP contribution in [-0.4, -0.2) is 9.38 Å². The highest BCUT2D eigenvalue weighted by Crippen LogP contribution is 2.21. The van der Waals surface area contributed by atoms with Crippen molar-refractivity contribution < 1.29 is 0 Å². The zero-order valence-electron chi connectivity index (χ0n) is 12.1. The van der Waals surface area contributed by atoms with Gasteiger partial charge in [-0.25, -0.2) is 4.98 Å². The van der Waals surface area contributed by atoms with Gasteiger partial charge in [-0.15, -0.1) is 11.3 Å². The lowest BCUT2D eigenvalue weighted by Crippen LogP contribution is -2.19. The Labute approximate surface area is 123 Å². The number of thiazole rings is 1. The van der Waals surface area contributed by atoms with Gasteiger partial charge in [-0.1, -0.05) is 30.3 Å². The zero-order chi connectivity index (χ0) is 14.1. The Hall–Kier alpha value is -1.65. The Morgan fingerprint density at radius 1 is 1.25 bits per heavy atom. The summed E-state index contributed by atoms with van der Waals surface area (Å²) in [6.07, 6.45) is 2.17. The predicted octanol–water partition coefficient (Wildman–Crippen LogP) is 3.86. The number of hydrogen-bond acceptors (Lipinski definition) is 3. The van der Waals surface area contributed by atoms with Crippen LogP contribution >= 0.6 is 11.3 Å². The fraction of sp³-hybridized carbons (Fsp3) is 0.312. The zero-order valence-corrected chi connectivity index (χ0v) is 12.9. The summed E-state index contributed by atoms with van der Waals surface area (Å²) in [5, 5.41) is 3.59. The molecule has 2 aromatic heterocycles. The molecular weight excluding hydrogens is 266 g/mol. The highest BCUT2D eigenvalue weighted by Gasteiger charge is 2.12. The van der Waals surface area contributed by atoms with Gasteiger partial charge in [-0.3, -0.25) is 4.40 Å². The van der Waals surface area contributed by atoms with Gasteiger partial charge in [0.15, 0.2) is 4.96 Å². The minimum absolute atomic E-state index is 0.334. The second-order valence-corrected chi connectivity index (χ2v) is 6.36. The third-order valence-corrected chi connectivity index (χ3v) is 4.51. The Morgan fingerprint density at radius 3 is 2.75 bits per heavy atom. The first-order valence-electron chi connectivity index (χ1n) is 6.87. The van der Waals surface area contributed by atoms with E-state index in [1.807, 2.05) is 0 Å². The molecule has 1 N–H and O–H groups in total. The van der Waals surface area contributed by atoms with E-state index in [-0.39, 0.29) is 0 Å². The third-order valence-electron chi connectivity index (χ3n) is 3.62. The second kappa shape index (κ2) is 5.38. The average Bonchev–Trinajstić information content (AvgIpc) is 2.92. The monoisotopic (exact) mass is 285 g/mol. The van der Waals surface area contributed by atoms with E-state index < -0.39 is 0 Å². The fourth-order valence-electron chi connectivity index (χ4n) is 2.43. The van der Waals surface area contributed by atoms with Gasteiger partial charge < -0.3 is 5.32 Å². The standard InChI is InChI=1S/C16H19N3S/c1-11-10-19-15(13(3)18-16(19)20-11)9-17-12(2)14-7-5-4-6-8-14/h4-8,10,12,17H,9H2,1-3H3. The molecule has 1 unspecified atom stereocenters. The van der Waals surface area contributed by atoms with Crippen LogP contribution < -0.4 is 5.32 Å². The maximum atomic E-state index is 4.63.